The molecule has 0 amide bonds. The highest BCUT2D eigenvalue weighted by Gasteiger charge is 2.31. The van der Waals surface area contributed by atoms with Gasteiger partial charge in [0.1, 0.15) is 0 Å². The second-order valence-corrected chi connectivity index (χ2v) is 9.62. The zero-order valence-electron chi connectivity index (χ0n) is 17.7. The van der Waals surface area contributed by atoms with Gasteiger partial charge in [0, 0.05) is 11.1 Å². The quantitative estimate of drug-likeness (QED) is 0.297. The van der Waals surface area contributed by atoms with E-state index < -0.39 is 10.8 Å². The Kier molecular flexibility index (Phi) is 4.48. The van der Waals surface area contributed by atoms with Crippen LogP contribution in [-0.4, -0.2) is 4.21 Å². The molecule has 0 aliphatic carbocycles. The Labute approximate surface area is 180 Å². The Hall–Kier alpha value is -2.97. The molecule has 4 aromatic carbocycles. The van der Waals surface area contributed by atoms with E-state index in [1.54, 1.807) is 0 Å². The zero-order chi connectivity index (χ0) is 21.0. The predicted octanol–water partition coefficient (Wildman–Crippen LogP) is 7.40. The molecule has 0 unspecified atom stereocenters. The van der Waals surface area contributed by atoms with Crippen LogP contribution in [0.5, 0.6) is 0 Å². The van der Waals surface area contributed by atoms with E-state index >= 15 is 0 Å². The van der Waals surface area contributed by atoms with Gasteiger partial charge >= 0.3 is 0 Å². The lowest BCUT2D eigenvalue weighted by atomic mass is 9.93. The minimum absolute atomic E-state index is 0.943. The van der Waals surface area contributed by atoms with Crippen molar-refractivity contribution in [1.29, 1.82) is 0 Å². The predicted molar refractivity (Wildman–Crippen MR) is 126 cm³/mol. The van der Waals surface area contributed by atoms with Gasteiger partial charge in [-0.25, -0.2) is 4.21 Å². The van der Waals surface area contributed by atoms with Crippen LogP contribution in [0.25, 0.3) is 33.4 Å². The average Bonchev–Trinajstić information content (AvgIpc) is 3.04. The fourth-order valence-electron chi connectivity index (χ4n) is 4.48. The largest absolute Gasteiger partial charge is 0.249 e. The van der Waals surface area contributed by atoms with Crippen LogP contribution < -0.4 is 0 Å². The second-order valence-electron chi connectivity index (χ2n) is 8.27. The SMILES string of the molecule is Cc1ccc(C)c(-c2cccc3c2S(=O)c2c(-c4cc(C)ccc4C)cccc2-3)c1. The summed E-state index contributed by atoms with van der Waals surface area (Å²) >= 11 is 0. The molecule has 1 heterocycles. The lowest BCUT2D eigenvalue weighted by Crippen LogP contribution is -1.96. The standard InChI is InChI=1S/C28H24OS/c1-17-11-13-19(3)25(15-17)23-9-5-7-21-22-8-6-10-24(28(22)30(29)27(21)23)26-16-18(2)12-14-20(26)4/h5-16H,1-4H3. The molecular weight excluding hydrogens is 384 g/mol. The smallest absolute Gasteiger partial charge is 0.0875 e. The van der Waals surface area contributed by atoms with Gasteiger partial charge in [0.25, 0.3) is 0 Å². The van der Waals surface area contributed by atoms with Crippen LogP contribution in [0.2, 0.25) is 0 Å². The maximum absolute atomic E-state index is 14.0. The van der Waals surface area contributed by atoms with Crippen LogP contribution in [-0.2, 0) is 10.8 Å². The number of hydrogen-bond acceptors (Lipinski definition) is 1. The highest BCUT2D eigenvalue weighted by molar-refractivity contribution is 7.86. The lowest BCUT2D eigenvalue weighted by Gasteiger charge is -2.12. The monoisotopic (exact) mass is 408 g/mol. The molecule has 1 aliphatic heterocycles. The van der Waals surface area contributed by atoms with Gasteiger partial charge < -0.3 is 0 Å². The average molecular weight is 409 g/mol. The third kappa shape index (κ3) is 2.86. The molecule has 30 heavy (non-hydrogen) atoms. The summed E-state index contributed by atoms with van der Waals surface area (Å²) in [4.78, 5) is 1.89. The van der Waals surface area contributed by atoms with Crippen molar-refractivity contribution in [3.8, 4) is 33.4 Å². The van der Waals surface area contributed by atoms with Gasteiger partial charge in [-0.3, -0.25) is 0 Å². The first-order valence-electron chi connectivity index (χ1n) is 10.3. The molecular formula is C28H24OS. The van der Waals surface area contributed by atoms with Crippen molar-refractivity contribution in [2.24, 2.45) is 0 Å². The minimum Gasteiger partial charge on any atom is -0.249 e. The molecule has 4 aromatic rings. The molecule has 0 spiro atoms. The van der Waals surface area contributed by atoms with E-state index in [2.05, 4.69) is 100 Å². The highest BCUT2D eigenvalue weighted by Crippen LogP contribution is 2.49. The van der Waals surface area contributed by atoms with Crippen LogP contribution in [0.3, 0.4) is 0 Å². The molecule has 0 bridgehead atoms. The Morgan fingerprint density at radius 2 is 0.867 bits per heavy atom. The summed E-state index contributed by atoms with van der Waals surface area (Å²) in [5.41, 5.74) is 11.5. The van der Waals surface area contributed by atoms with Crippen molar-refractivity contribution < 1.29 is 4.21 Å². The molecule has 0 radical (unpaired) electrons. The van der Waals surface area contributed by atoms with Crippen molar-refractivity contribution in [2.75, 3.05) is 0 Å². The maximum atomic E-state index is 14.0. The summed E-state index contributed by atoms with van der Waals surface area (Å²) in [6.07, 6.45) is 0. The number of fused-ring (bicyclic) bond motifs is 3. The van der Waals surface area contributed by atoms with Crippen molar-refractivity contribution in [3.05, 3.63) is 95.1 Å². The molecule has 0 N–H and O–H groups in total. The summed E-state index contributed by atoms with van der Waals surface area (Å²) in [7, 11) is -1.23. The third-order valence-electron chi connectivity index (χ3n) is 6.06. The normalized spacial score (nSPS) is 12.7. The molecule has 5 rings (SSSR count). The fraction of sp³-hybridized carbons (Fsp3) is 0.143. The first-order valence-corrected chi connectivity index (χ1v) is 11.4. The van der Waals surface area contributed by atoms with E-state index in [1.807, 2.05) is 0 Å². The van der Waals surface area contributed by atoms with Crippen molar-refractivity contribution in [1.82, 2.24) is 0 Å². The van der Waals surface area contributed by atoms with Crippen LogP contribution in [0.15, 0.2) is 82.6 Å². The summed E-state index contributed by atoms with van der Waals surface area (Å²) in [6, 6.07) is 25.6. The van der Waals surface area contributed by atoms with E-state index in [1.165, 1.54) is 33.4 Å². The number of hydrogen-bond donors (Lipinski definition) is 0. The van der Waals surface area contributed by atoms with Gasteiger partial charge in [0.2, 0.25) is 0 Å². The molecule has 1 nitrogen and oxygen atoms in total. The van der Waals surface area contributed by atoms with Crippen LogP contribution in [0, 0.1) is 27.7 Å². The first kappa shape index (κ1) is 19.0. The molecule has 2 heteroatoms. The number of aryl methyl sites for hydroxylation is 4. The topological polar surface area (TPSA) is 17.1 Å². The second kappa shape index (κ2) is 7.07. The summed E-state index contributed by atoms with van der Waals surface area (Å²) in [5, 5.41) is 0. The van der Waals surface area contributed by atoms with Crippen molar-refractivity contribution >= 4 is 10.8 Å². The van der Waals surface area contributed by atoms with Gasteiger partial charge in [-0.05, 0) is 61.1 Å². The van der Waals surface area contributed by atoms with Crippen molar-refractivity contribution in [3.63, 3.8) is 0 Å². The molecule has 0 aromatic heterocycles. The zero-order valence-corrected chi connectivity index (χ0v) is 18.6. The molecule has 0 atom stereocenters. The van der Waals surface area contributed by atoms with Gasteiger partial charge in [-0.1, -0.05) is 83.9 Å². The van der Waals surface area contributed by atoms with Crippen LogP contribution >= 0.6 is 0 Å². The van der Waals surface area contributed by atoms with E-state index in [0.29, 0.717) is 0 Å². The first-order chi connectivity index (χ1) is 14.5. The summed E-state index contributed by atoms with van der Waals surface area (Å²) in [6.45, 7) is 8.47. The summed E-state index contributed by atoms with van der Waals surface area (Å²) < 4.78 is 14.0. The maximum Gasteiger partial charge on any atom is 0.0875 e. The van der Waals surface area contributed by atoms with Crippen LogP contribution in [0.4, 0.5) is 0 Å². The lowest BCUT2D eigenvalue weighted by molar-refractivity contribution is 0.685. The molecule has 0 fully saturated rings. The van der Waals surface area contributed by atoms with E-state index in [4.69, 9.17) is 0 Å². The van der Waals surface area contributed by atoms with E-state index in [0.717, 1.165) is 32.0 Å². The van der Waals surface area contributed by atoms with Gasteiger partial charge in [-0.2, -0.15) is 0 Å². The van der Waals surface area contributed by atoms with Gasteiger partial charge in [0.15, 0.2) is 0 Å². The van der Waals surface area contributed by atoms with Gasteiger partial charge in [0.05, 0.1) is 20.6 Å². The number of benzene rings is 4. The number of rotatable bonds is 2. The summed E-state index contributed by atoms with van der Waals surface area (Å²) in [5.74, 6) is 0. The van der Waals surface area contributed by atoms with E-state index in [9.17, 15) is 4.21 Å². The molecule has 1 aliphatic rings. The Balaban J connectivity index is 1.78. The van der Waals surface area contributed by atoms with Gasteiger partial charge in [-0.15, -0.1) is 0 Å². The minimum atomic E-state index is -1.23. The van der Waals surface area contributed by atoms with E-state index in [-0.39, 0.29) is 0 Å². The van der Waals surface area contributed by atoms with Crippen LogP contribution in [0.1, 0.15) is 22.3 Å². The van der Waals surface area contributed by atoms with Crippen molar-refractivity contribution in [2.45, 2.75) is 37.5 Å². The Morgan fingerprint density at radius 1 is 0.500 bits per heavy atom. The third-order valence-corrected chi connectivity index (χ3v) is 7.68. The molecule has 0 saturated carbocycles. The fourth-order valence-corrected chi connectivity index (χ4v) is 6.19. The Bertz CT molecular complexity index is 1240. The molecule has 0 saturated heterocycles. The molecule has 148 valence electrons. The Morgan fingerprint density at radius 3 is 1.27 bits per heavy atom. The highest BCUT2D eigenvalue weighted by atomic mass is 32.2.